The molecule has 0 spiro atoms. The third-order valence-corrected chi connectivity index (χ3v) is 5.56. The van der Waals surface area contributed by atoms with Gasteiger partial charge in [-0.1, -0.05) is 104 Å². The van der Waals surface area contributed by atoms with Crippen LogP contribution >= 0.6 is 0 Å². The van der Waals surface area contributed by atoms with E-state index in [2.05, 4.69) is 39.0 Å². The first-order valence-corrected chi connectivity index (χ1v) is 12.6. The van der Waals surface area contributed by atoms with Crippen LogP contribution in [0.4, 0.5) is 0 Å². The summed E-state index contributed by atoms with van der Waals surface area (Å²) < 4.78 is 12.0. The van der Waals surface area contributed by atoms with E-state index in [0.29, 0.717) is 0 Å². The Bertz CT molecular complexity index is 443. The minimum atomic E-state index is 0.815. The molecule has 1 aromatic rings. The third-order valence-electron chi connectivity index (χ3n) is 5.56. The van der Waals surface area contributed by atoms with E-state index in [-0.39, 0.29) is 0 Å². The molecule has 0 N–H and O–H groups in total. The Morgan fingerprint density at radius 1 is 0.483 bits per heavy atom. The fourth-order valence-corrected chi connectivity index (χ4v) is 3.73. The van der Waals surface area contributed by atoms with Gasteiger partial charge in [0.1, 0.15) is 11.5 Å². The second kappa shape index (κ2) is 18.8. The molecule has 0 saturated heterocycles. The van der Waals surface area contributed by atoms with Crippen molar-refractivity contribution in [3.63, 3.8) is 0 Å². The van der Waals surface area contributed by atoms with Crippen molar-refractivity contribution >= 4 is 0 Å². The molecule has 168 valence electrons. The molecule has 0 saturated carbocycles. The Morgan fingerprint density at radius 3 is 1.21 bits per heavy atom. The topological polar surface area (TPSA) is 18.5 Å². The van der Waals surface area contributed by atoms with Gasteiger partial charge in [-0.25, -0.2) is 0 Å². The summed E-state index contributed by atoms with van der Waals surface area (Å²) >= 11 is 0. The quantitative estimate of drug-likeness (QED) is 0.202. The first-order valence-electron chi connectivity index (χ1n) is 12.6. The molecule has 1 rings (SSSR count). The summed E-state index contributed by atoms with van der Waals surface area (Å²) in [7, 11) is 0. The summed E-state index contributed by atoms with van der Waals surface area (Å²) in [5, 5.41) is 0. The number of unbranched alkanes of at least 4 members (excludes halogenated alkanes) is 14. The van der Waals surface area contributed by atoms with Gasteiger partial charge in [-0.15, -0.1) is 0 Å². The zero-order valence-electron chi connectivity index (χ0n) is 19.8. The minimum Gasteiger partial charge on any atom is -0.493 e. The average Bonchev–Trinajstić information content (AvgIpc) is 2.71. The van der Waals surface area contributed by atoms with Crippen LogP contribution in [0.5, 0.6) is 11.5 Å². The first-order chi connectivity index (χ1) is 14.3. The Labute approximate surface area is 181 Å². The lowest BCUT2D eigenvalue weighted by molar-refractivity contribution is 0.289. The van der Waals surface area contributed by atoms with Gasteiger partial charge in [-0.3, -0.25) is 0 Å². The Hall–Kier alpha value is -1.18. The summed E-state index contributed by atoms with van der Waals surface area (Å²) in [6.07, 6.45) is 21.3. The normalized spacial score (nSPS) is 11.0. The Kier molecular flexibility index (Phi) is 16.8. The van der Waals surface area contributed by atoms with Crippen LogP contribution in [-0.4, -0.2) is 13.2 Å². The van der Waals surface area contributed by atoms with Crippen LogP contribution in [0.15, 0.2) is 18.2 Å². The van der Waals surface area contributed by atoms with Crippen LogP contribution in [0, 0.1) is 6.92 Å². The fraction of sp³-hybridized carbons (Fsp3) is 0.778. The summed E-state index contributed by atoms with van der Waals surface area (Å²) in [4.78, 5) is 0. The SMILES string of the molecule is CCCCCCCCCCOc1cc(C)cc(OCCCCCCCCCC)c1. The highest BCUT2D eigenvalue weighted by Gasteiger charge is 2.02. The molecule has 1 aromatic carbocycles. The van der Waals surface area contributed by atoms with E-state index in [4.69, 9.17) is 9.47 Å². The molecule has 0 amide bonds. The first kappa shape index (κ1) is 25.9. The molecule has 0 unspecified atom stereocenters. The van der Waals surface area contributed by atoms with Crippen molar-refractivity contribution in [2.75, 3.05) is 13.2 Å². The van der Waals surface area contributed by atoms with E-state index in [1.54, 1.807) is 0 Å². The van der Waals surface area contributed by atoms with Crippen LogP contribution in [0.2, 0.25) is 0 Å². The van der Waals surface area contributed by atoms with Gasteiger partial charge in [-0.05, 0) is 37.5 Å². The number of rotatable bonds is 20. The van der Waals surface area contributed by atoms with Gasteiger partial charge in [-0.2, -0.15) is 0 Å². The Morgan fingerprint density at radius 2 is 0.828 bits per heavy atom. The highest BCUT2D eigenvalue weighted by molar-refractivity contribution is 5.37. The maximum absolute atomic E-state index is 5.98. The predicted octanol–water partition coefficient (Wildman–Crippen LogP) is 9.03. The van der Waals surface area contributed by atoms with Crippen molar-refractivity contribution in [2.24, 2.45) is 0 Å². The van der Waals surface area contributed by atoms with Gasteiger partial charge in [0.15, 0.2) is 0 Å². The lowest BCUT2D eigenvalue weighted by Crippen LogP contribution is -2.00. The van der Waals surface area contributed by atoms with E-state index < -0.39 is 0 Å². The molecule has 0 fully saturated rings. The highest BCUT2D eigenvalue weighted by Crippen LogP contribution is 2.23. The molecule has 0 atom stereocenters. The monoisotopic (exact) mass is 404 g/mol. The highest BCUT2D eigenvalue weighted by atomic mass is 16.5. The predicted molar refractivity (Wildman–Crippen MR) is 127 cm³/mol. The minimum absolute atomic E-state index is 0.815. The lowest BCUT2D eigenvalue weighted by atomic mass is 10.1. The standard InChI is InChI=1S/C27H48O2/c1-4-6-8-10-12-14-16-18-20-28-26-22-25(3)23-27(24-26)29-21-19-17-15-13-11-9-7-5-2/h22-24H,4-21H2,1-3H3. The number of aryl methyl sites for hydroxylation is 1. The van der Waals surface area contributed by atoms with Crippen molar-refractivity contribution in [3.05, 3.63) is 23.8 Å². The van der Waals surface area contributed by atoms with Crippen LogP contribution in [0.1, 0.15) is 122 Å². The zero-order valence-corrected chi connectivity index (χ0v) is 19.8. The molecule has 0 bridgehead atoms. The van der Waals surface area contributed by atoms with Crippen LogP contribution in [0.3, 0.4) is 0 Å². The maximum atomic E-state index is 5.98. The fourth-order valence-electron chi connectivity index (χ4n) is 3.73. The van der Waals surface area contributed by atoms with Crippen molar-refractivity contribution < 1.29 is 9.47 Å². The van der Waals surface area contributed by atoms with Crippen molar-refractivity contribution in [2.45, 2.75) is 124 Å². The van der Waals surface area contributed by atoms with Gasteiger partial charge >= 0.3 is 0 Å². The van der Waals surface area contributed by atoms with Gasteiger partial charge < -0.3 is 9.47 Å². The van der Waals surface area contributed by atoms with Crippen LogP contribution in [-0.2, 0) is 0 Å². The molecule has 0 radical (unpaired) electrons. The van der Waals surface area contributed by atoms with Gasteiger partial charge in [0, 0.05) is 6.07 Å². The van der Waals surface area contributed by atoms with E-state index in [0.717, 1.165) is 37.6 Å². The van der Waals surface area contributed by atoms with Gasteiger partial charge in [0.05, 0.1) is 13.2 Å². The molecule has 0 aliphatic carbocycles. The number of benzene rings is 1. The molecule has 29 heavy (non-hydrogen) atoms. The second-order valence-electron chi connectivity index (χ2n) is 8.63. The van der Waals surface area contributed by atoms with Crippen LogP contribution in [0.25, 0.3) is 0 Å². The molecular weight excluding hydrogens is 356 g/mol. The van der Waals surface area contributed by atoms with Crippen LogP contribution < -0.4 is 9.47 Å². The summed E-state index contributed by atoms with van der Waals surface area (Å²) in [5.41, 5.74) is 1.21. The third kappa shape index (κ3) is 15.3. The van der Waals surface area contributed by atoms with E-state index in [9.17, 15) is 0 Å². The number of ether oxygens (including phenoxy) is 2. The summed E-state index contributed by atoms with van der Waals surface area (Å²) in [6, 6.07) is 6.30. The van der Waals surface area contributed by atoms with E-state index in [1.165, 1.54) is 95.5 Å². The molecule has 0 aliphatic heterocycles. The van der Waals surface area contributed by atoms with E-state index in [1.807, 2.05) is 0 Å². The number of hydrogen-bond donors (Lipinski definition) is 0. The molecule has 2 heteroatoms. The summed E-state index contributed by atoms with van der Waals surface area (Å²) in [6.45, 7) is 8.29. The van der Waals surface area contributed by atoms with Crippen molar-refractivity contribution in [1.29, 1.82) is 0 Å². The molecule has 2 nitrogen and oxygen atoms in total. The Balaban J connectivity index is 2.09. The van der Waals surface area contributed by atoms with E-state index >= 15 is 0 Å². The smallest absolute Gasteiger partial charge is 0.123 e. The van der Waals surface area contributed by atoms with Gasteiger partial charge in [0.2, 0.25) is 0 Å². The summed E-state index contributed by atoms with van der Waals surface area (Å²) in [5.74, 6) is 1.91. The lowest BCUT2D eigenvalue weighted by Gasteiger charge is -2.11. The van der Waals surface area contributed by atoms with Crippen molar-refractivity contribution in [1.82, 2.24) is 0 Å². The average molecular weight is 405 g/mol. The van der Waals surface area contributed by atoms with Crippen molar-refractivity contribution in [3.8, 4) is 11.5 Å². The molecule has 0 heterocycles. The van der Waals surface area contributed by atoms with Gasteiger partial charge in [0.25, 0.3) is 0 Å². The maximum Gasteiger partial charge on any atom is 0.123 e. The molecule has 0 aliphatic rings. The largest absolute Gasteiger partial charge is 0.493 e. The second-order valence-corrected chi connectivity index (χ2v) is 8.63. The molecule has 0 aromatic heterocycles. The molecular formula is C27H48O2. The zero-order chi connectivity index (χ0) is 21.0. The number of hydrogen-bond acceptors (Lipinski definition) is 2.